The summed E-state index contributed by atoms with van der Waals surface area (Å²) in [6.45, 7) is 6.46. The minimum Gasteiger partial charge on any atom is -0.395 e. The van der Waals surface area contributed by atoms with E-state index in [1.807, 2.05) is 25.1 Å². The Hall–Kier alpha value is -2.20. The van der Waals surface area contributed by atoms with E-state index in [2.05, 4.69) is 15.9 Å². The number of thiocarbonyl (C=S) groups is 1. The smallest absolute Gasteiger partial charge is 0.266 e. The Labute approximate surface area is 221 Å². The molecule has 0 spiro atoms. The molecule has 36 heavy (non-hydrogen) atoms. The van der Waals surface area contributed by atoms with E-state index in [4.69, 9.17) is 12.2 Å². The van der Waals surface area contributed by atoms with Gasteiger partial charge in [0.25, 0.3) is 11.5 Å². The average Bonchev–Trinajstić information content (AvgIpc) is 3.18. The highest BCUT2D eigenvalue weighted by atomic mass is 32.2. The van der Waals surface area contributed by atoms with Gasteiger partial charge in [0, 0.05) is 50.7 Å². The molecule has 1 amide bonds. The number of para-hydroxylation sites is 1. The zero-order valence-corrected chi connectivity index (χ0v) is 22.5. The van der Waals surface area contributed by atoms with Crippen LogP contribution in [0.3, 0.4) is 0 Å². The lowest BCUT2D eigenvalue weighted by Gasteiger charge is -2.37. The van der Waals surface area contributed by atoms with Crippen LogP contribution in [-0.2, 0) is 11.3 Å². The summed E-state index contributed by atoms with van der Waals surface area (Å²) in [4.78, 5) is 34.3. The Kier molecular flexibility index (Phi) is 7.81. The van der Waals surface area contributed by atoms with E-state index in [-0.39, 0.29) is 24.1 Å². The fourth-order valence-electron chi connectivity index (χ4n) is 5.80. The minimum atomic E-state index is -0.0769. The van der Waals surface area contributed by atoms with Crippen LogP contribution >= 0.6 is 24.0 Å². The number of nitrogens with zero attached hydrogens (tertiary/aromatic N) is 4. The number of piperazine rings is 1. The van der Waals surface area contributed by atoms with Crippen LogP contribution in [0.25, 0.3) is 17.0 Å². The zero-order chi connectivity index (χ0) is 25.2. The number of thioether (sulfide) groups is 1. The van der Waals surface area contributed by atoms with Gasteiger partial charge in [0.2, 0.25) is 0 Å². The first kappa shape index (κ1) is 25.4. The van der Waals surface area contributed by atoms with Crippen LogP contribution < -0.4 is 10.5 Å². The van der Waals surface area contributed by atoms with Crippen LogP contribution in [0.4, 0.5) is 5.69 Å². The molecule has 2 aromatic rings. The van der Waals surface area contributed by atoms with E-state index < -0.39 is 0 Å². The topological polar surface area (TPSA) is 69.0 Å². The van der Waals surface area contributed by atoms with Crippen LogP contribution in [0, 0.1) is 0 Å². The molecular formula is C27H34N4O3S2. The van der Waals surface area contributed by atoms with Crippen LogP contribution in [0.2, 0.25) is 0 Å². The molecule has 192 valence electrons. The van der Waals surface area contributed by atoms with Crippen LogP contribution in [-0.4, -0.2) is 75.1 Å². The number of aliphatic hydroxyl groups is 1. The third kappa shape index (κ3) is 4.74. The van der Waals surface area contributed by atoms with Crippen molar-refractivity contribution in [3.8, 4) is 0 Å². The van der Waals surface area contributed by atoms with Crippen molar-refractivity contribution in [1.82, 2.24) is 14.4 Å². The number of aryl methyl sites for hydroxylation is 1. The number of β-amino-alcohol motifs (C(OH)–C–C–N with tert-alkyl or cyclic N) is 1. The highest BCUT2D eigenvalue weighted by Crippen LogP contribution is 2.39. The molecule has 0 unspecified atom stereocenters. The number of carbonyl (C=O) groups is 1. The number of carbonyl (C=O) groups excluding carboxylic acids is 1. The van der Waals surface area contributed by atoms with Crippen molar-refractivity contribution in [1.29, 1.82) is 0 Å². The summed E-state index contributed by atoms with van der Waals surface area (Å²) in [5.41, 5.74) is 2.29. The molecule has 3 heterocycles. The summed E-state index contributed by atoms with van der Waals surface area (Å²) in [6, 6.07) is 8.20. The monoisotopic (exact) mass is 526 g/mol. The fraction of sp³-hybridized carbons (Fsp3) is 0.519. The maximum Gasteiger partial charge on any atom is 0.266 e. The third-order valence-electron chi connectivity index (χ3n) is 7.64. The molecule has 7 nitrogen and oxygen atoms in total. The summed E-state index contributed by atoms with van der Waals surface area (Å²) >= 11 is 6.98. The summed E-state index contributed by atoms with van der Waals surface area (Å²) in [5.74, 6) is -0.0637. The van der Waals surface area contributed by atoms with Crippen LogP contribution in [0.5, 0.6) is 0 Å². The standard InChI is InChI=1S/C27H34N4O3S2/c1-2-30-22-11-7-6-10-20(22)24(29-14-12-28(13-15-29)16-17-32)21(25(30)33)18-23-26(34)31(27(35)36-23)19-8-4-3-5-9-19/h6-7,10-11,18-19,32H,2-5,8-9,12-17H2,1H3. The lowest BCUT2D eigenvalue weighted by Crippen LogP contribution is -2.48. The summed E-state index contributed by atoms with van der Waals surface area (Å²) in [7, 11) is 0. The largest absolute Gasteiger partial charge is 0.395 e. The van der Waals surface area contributed by atoms with Gasteiger partial charge in [-0.25, -0.2) is 0 Å². The fourth-order valence-corrected chi connectivity index (χ4v) is 7.18. The quantitative estimate of drug-likeness (QED) is 0.455. The summed E-state index contributed by atoms with van der Waals surface area (Å²) < 4.78 is 2.41. The van der Waals surface area contributed by atoms with Gasteiger partial charge in [-0.05, 0) is 31.9 Å². The van der Waals surface area contributed by atoms with Gasteiger partial charge in [-0.2, -0.15) is 0 Å². The van der Waals surface area contributed by atoms with Gasteiger partial charge in [0.05, 0.1) is 28.3 Å². The molecule has 1 N–H and O–H groups in total. The minimum absolute atomic E-state index is 0.0637. The zero-order valence-electron chi connectivity index (χ0n) is 20.8. The van der Waals surface area contributed by atoms with Crippen molar-refractivity contribution < 1.29 is 9.90 Å². The molecule has 0 radical (unpaired) electrons. The number of rotatable bonds is 6. The van der Waals surface area contributed by atoms with Crippen LogP contribution in [0.15, 0.2) is 34.0 Å². The lowest BCUT2D eigenvalue weighted by molar-refractivity contribution is -0.124. The number of aromatic nitrogens is 1. The van der Waals surface area contributed by atoms with Gasteiger partial charge in [-0.1, -0.05) is 61.4 Å². The maximum absolute atomic E-state index is 13.9. The highest BCUT2D eigenvalue weighted by molar-refractivity contribution is 8.26. The SMILES string of the molecule is CCn1c(=O)c(C=C2SC(=S)N(C3CCCCC3)C2=O)c(N2CCN(CCO)CC2)c2ccccc21. The predicted molar refractivity (Wildman–Crippen MR) is 152 cm³/mol. The number of pyridine rings is 1. The first-order chi connectivity index (χ1) is 17.5. The van der Waals surface area contributed by atoms with Crippen molar-refractivity contribution in [3.05, 3.63) is 45.1 Å². The maximum atomic E-state index is 13.9. The van der Waals surface area contributed by atoms with Gasteiger partial charge in [-0.3, -0.25) is 19.4 Å². The van der Waals surface area contributed by atoms with E-state index >= 15 is 0 Å². The molecular weight excluding hydrogens is 492 g/mol. The molecule has 1 aromatic heterocycles. The molecule has 0 atom stereocenters. The van der Waals surface area contributed by atoms with E-state index in [0.29, 0.717) is 27.9 Å². The van der Waals surface area contributed by atoms with Gasteiger partial charge in [0.15, 0.2) is 0 Å². The van der Waals surface area contributed by atoms with E-state index in [0.717, 1.165) is 68.5 Å². The molecule has 3 aliphatic rings. The third-order valence-corrected chi connectivity index (χ3v) is 8.97. The van der Waals surface area contributed by atoms with Gasteiger partial charge < -0.3 is 14.6 Å². The number of amides is 1. The molecule has 1 saturated carbocycles. The number of anilines is 1. The Morgan fingerprint density at radius 1 is 1.08 bits per heavy atom. The average molecular weight is 527 g/mol. The lowest BCUT2D eigenvalue weighted by atomic mass is 9.94. The van der Waals surface area contributed by atoms with Crippen molar-refractivity contribution >= 4 is 56.9 Å². The van der Waals surface area contributed by atoms with Gasteiger partial charge in [0.1, 0.15) is 4.32 Å². The molecule has 2 aliphatic heterocycles. The van der Waals surface area contributed by atoms with E-state index in [1.165, 1.54) is 18.2 Å². The number of hydrogen-bond acceptors (Lipinski definition) is 7. The Balaban J connectivity index is 1.60. The second-order valence-electron chi connectivity index (χ2n) is 9.72. The first-order valence-electron chi connectivity index (χ1n) is 13.0. The molecule has 2 saturated heterocycles. The van der Waals surface area contributed by atoms with E-state index in [1.54, 1.807) is 15.5 Å². The summed E-state index contributed by atoms with van der Waals surface area (Å²) in [5, 5.41) is 10.4. The molecule has 3 fully saturated rings. The highest BCUT2D eigenvalue weighted by Gasteiger charge is 2.38. The Bertz CT molecular complexity index is 1240. The normalized spacial score (nSPS) is 21.3. The number of fused-ring (bicyclic) bond motifs is 1. The van der Waals surface area contributed by atoms with Crippen molar-refractivity contribution in [2.45, 2.75) is 51.6 Å². The number of aliphatic hydroxyl groups excluding tert-OH is 1. The van der Waals surface area contributed by atoms with Crippen LogP contribution in [0.1, 0.15) is 44.6 Å². The second-order valence-corrected chi connectivity index (χ2v) is 11.4. The first-order valence-corrected chi connectivity index (χ1v) is 14.3. The summed E-state index contributed by atoms with van der Waals surface area (Å²) in [6.07, 6.45) is 7.24. The molecule has 5 rings (SSSR count). The van der Waals surface area contributed by atoms with Crippen molar-refractivity contribution in [2.75, 3.05) is 44.2 Å². The van der Waals surface area contributed by atoms with Gasteiger partial charge in [-0.15, -0.1) is 0 Å². The number of benzene rings is 1. The molecule has 0 bridgehead atoms. The Morgan fingerprint density at radius 3 is 2.50 bits per heavy atom. The van der Waals surface area contributed by atoms with Crippen molar-refractivity contribution in [2.24, 2.45) is 0 Å². The molecule has 9 heteroatoms. The second kappa shape index (κ2) is 11.0. The molecule has 1 aromatic carbocycles. The van der Waals surface area contributed by atoms with Gasteiger partial charge >= 0.3 is 0 Å². The molecule has 1 aliphatic carbocycles. The Morgan fingerprint density at radius 2 is 1.81 bits per heavy atom. The number of hydrogen-bond donors (Lipinski definition) is 1. The van der Waals surface area contributed by atoms with Crippen molar-refractivity contribution in [3.63, 3.8) is 0 Å². The van der Waals surface area contributed by atoms with E-state index in [9.17, 15) is 14.7 Å². The predicted octanol–water partition coefficient (Wildman–Crippen LogP) is 3.67.